The molecule has 30 heavy (non-hydrogen) atoms. The third-order valence-electron chi connectivity index (χ3n) is 4.93. The Labute approximate surface area is 178 Å². The van der Waals surface area contributed by atoms with Crippen LogP contribution in [-0.2, 0) is 24.2 Å². The van der Waals surface area contributed by atoms with Gasteiger partial charge in [-0.3, -0.25) is 14.5 Å². The highest BCUT2D eigenvalue weighted by Gasteiger charge is 2.35. The summed E-state index contributed by atoms with van der Waals surface area (Å²) in [5, 5.41) is 2.85. The maximum Gasteiger partial charge on any atom is 0.338 e. The molecule has 6 nitrogen and oxygen atoms in total. The van der Waals surface area contributed by atoms with Gasteiger partial charge in [0, 0.05) is 11.9 Å². The predicted octanol–water partition coefficient (Wildman–Crippen LogP) is 3.90. The first-order valence-electron chi connectivity index (χ1n) is 9.71. The number of rotatable bonds is 7. The second-order valence-electron chi connectivity index (χ2n) is 6.92. The smallest absolute Gasteiger partial charge is 0.338 e. The van der Waals surface area contributed by atoms with E-state index in [4.69, 9.17) is 4.74 Å². The second-order valence-corrected chi connectivity index (χ2v) is 7.86. The summed E-state index contributed by atoms with van der Waals surface area (Å²) in [6.07, 6.45) is 1.41. The summed E-state index contributed by atoms with van der Waals surface area (Å²) in [5.41, 5.74) is 2.54. The molecule has 0 spiro atoms. The highest BCUT2D eigenvalue weighted by atomic mass is 32.1. The number of fused-ring (bicyclic) bond motifs is 1. The number of ether oxygens (including phenoxy) is 1. The number of aryl methyl sites for hydroxylation is 1. The van der Waals surface area contributed by atoms with Crippen LogP contribution in [0.25, 0.3) is 0 Å². The number of imide groups is 1. The number of thiazole rings is 1. The molecule has 1 aromatic heterocycles. The largest absolute Gasteiger partial charge is 0.456 e. The number of benzene rings is 2. The van der Waals surface area contributed by atoms with E-state index in [9.17, 15) is 14.4 Å². The minimum Gasteiger partial charge on any atom is -0.456 e. The maximum atomic E-state index is 12.8. The molecule has 0 N–H and O–H groups in total. The van der Waals surface area contributed by atoms with Crippen molar-refractivity contribution in [2.45, 2.75) is 26.4 Å². The minimum atomic E-state index is -0.549. The number of aromatic nitrogens is 1. The van der Waals surface area contributed by atoms with Crippen LogP contribution in [0.5, 0.6) is 0 Å². The number of esters is 1. The Morgan fingerprint density at radius 1 is 1.07 bits per heavy atom. The molecule has 0 atom stereocenters. The third kappa shape index (κ3) is 4.02. The van der Waals surface area contributed by atoms with E-state index in [0.717, 1.165) is 17.0 Å². The van der Waals surface area contributed by atoms with Crippen molar-refractivity contribution in [1.82, 2.24) is 9.88 Å². The van der Waals surface area contributed by atoms with Gasteiger partial charge in [0.1, 0.15) is 6.61 Å². The second kappa shape index (κ2) is 8.59. The van der Waals surface area contributed by atoms with Crippen LogP contribution in [0.2, 0.25) is 0 Å². The van der Waals surface area contributed by atoms with E-state index in [-0.39, 0.29) is 29.5 Å². The molecule has 152 valence electrons. The van der Waals surface area contributed by atoms with Crippen LogP contribution in [-0.4, -0.2) is 34.2 Å². The molecule has 1 aliphatic heterocycles. The van der Waals surface area contributed by atoms with Gasteiger partial charge in [0.05, 0.1) is 27.4 Å². The Kier molecular flexibility index (Phi) is 5.72. The molecule has 7 heteroatoms. The molecule has 0 radical (unpaired) electrons. The van der Waals surface area contributed by atoms with Crippen molar-refractivity contribution in [3.05, 3.63) is 86.9 Å². The highest BCUT2D eigenvalue weighted by Crippen LogP contribution is 2.25. The number of carbonyl (C=O) groups excluding carboxylic acids is 3. The topological polar surface area (TPSA) is 76.6 Å². The fourth-order valence-electron chi connectivity index (χ4n) is 3.31. The van der Waals surface area contributed by atoms with Gasteiger partial charge in [-0.25, -0.2) is 9.78 Å². The van der Waals surface area contributed by atoms with Gasteiger partial charge >= 0.3 is 5.97 Å². The van der Waals surface area contributed by atoms with Crippen molar-refractivity contribution in [2.24, 2.45) is 0 Å². The first-order chi connectivity index (χ1) is 14.6. The number of hydrogen-bond acceptors (Lipinski definition) is 6. The summed E-state index contributed by atoms with van der Waals surface area (Å²) in [6, 6.07) is 14.2. The van der Waals surface area contributed by atoms with Crippen molar-refractivity contribution < 1.29 is 19.1 Å². The van der Waals surface area contributed by atoms with E-state index in [1.54, 1.807) is 0 Å². The van der Waals surface area contributed by atoms with Gasteiger partial charge in [-0.2, -0.15) is 0 Å². The average molecular weight is 420 g/mol. The van der Waals surface area contributed by atoms with Crippen LogP contribution >= 0.6 is 11.3 Å². The monoisotopic (exact) mass is 420 g/mol. The number of hydrogen-bond donors (Lipinski definition) is 0. The molecular formula is C23H20N2O4S. The SMILES string of the molecule is CCc1nc(COC(=O)c2ccc3c(c2)C(=O)N(CCc2ccccc2)C3=O)cs1. The third-order valence-corrected chi connectivity index (χ3v) is 5.97. The molecule has 0 saturated heterocycles. The van der Waals surface area contributed by atoms with E-state index in [1.165, 1.54) is 34.4 Å². The fourth-order valence-corrected chi connectivity index (χ4v) is 4.04. The van der Waals surface area contributed by atoms with Crippen LogP contribution in [0, 0.1) is 0 Å². The first kappa shape index (κ1) is 20.0. The van der Waals surface area contributed by atoms with Crippen LogP contribution in [0.15, 0.2) is 53.9 Å². The Hall–Kier alpha value is -3.32. The molecule has 0 fully saturated rings. The lowest BCUT2D eigenvalue weighted by molar-refractivity contribution is 0.0468. The van der Waals surface area contributed by atoms with E-state index < -0.39 is 5.97 Å². The lowest BCUT2D eigenvalue weighted by atomic mass is 10.1. The number of nitrogens with zero attached hydrogens (tertiary/aromatic N) is 2. The van der Waals surface area contributed by atoms with Crippen LogP contribution in [0.1, 0.15) is 54.3 Å². The molecule has 4 rings (SSSR count). The van der Waals surface area contributed by atoms with Crippen molar-refractivity contribution >= 4 is 29.1 Å². The standard InChI is InChI=1S/C23H20N2O4S/c1-2-20-24-17(14-30-20)13-29-23(28)16-8-9-18-19(12-16)22(27)25(21(18)26)11-10-15-6-4-3-5-7-15/h3-9,12,14H,2,10-11,13H2,1H3. The fraction of sp³-hybridized carbons (Fsp3) is 0.217. The molecule has 0 unspecified atom stereocenters. The zero-order valence-corrected chi connectivity index (χ0v) is 17.3. The number of amides is 2. The molecule has 2 heterocycles. The van der Waals surface area contributed by atoms with Crippen molar-refractivity contribution in [2.75, 3.05) is 6.54 Å². The van der Waals surface area contributed by atoms with Crippen molar-refractivity contribution in [3.63, 3.8) is 0 Å². The van der Waals surface area contributed by atoms with E-state index in [1.807, 2.05) is 42.6 Å². The van der Waals surface area contributed by atoms with Crippen LogP contribution < -0.4 is 0 Å². The normalized spacial score (nSPS) is 12.9. The molecule has 3 aromatic rings. The molecule has 0 bridgehead atoms. The zero-order chi connectivity index (χ0) is 21.1. The van der Waals surface area contributed by atoms with Gasteiger partial charge in [0.25, 0.3) is 11.8 Å². The summed E-state index contributed by atoms with van der Waals surface area (Å²) < 4.78 is 5.32. The Balaban J connectivity index is 1.43. The lowest BCUT2D eigenvalue weighted by Crippen LogP contribution is -2.31. The van der Waals surface area contributed by atoms with Crippen LogP contribution in [0.3, 0.4) is 0 Å². The summed E-state index contributed by atoms with van der Waals surface area (Å²) in [5.74, 6) is -1.26. The van der Waals surface area contributed by atoms with Gasteiger partial charge in [0.15, 0.2) is 0 Å². The quantitative estimate of drug-likeness (QED) is 0.428. The summed E-state index contributed by atoms with van der Waals surface area (Å²) in [6.45, 7) is 2.38. The first-order valence-corrected chi connectivity index (χ1v) is 10.6. The van der Waals surface area contributed by atoms with Gasteiger partial charge < -0.3 is 4.74 Å². The predicted molar refractivity (Wildman–Crippen MR) is 113 cm³/mol. The van der Waals surface area contributed by atoms with Crippen LogP contribution in [0.4, 0.5) is 0 Å². The van der Waals surface area contributed by atoms with E-state index in [0.29, 0.717) is 24.2 Å². The summed E-state index contributed by atoms with van der Waals surface area (Å²) in [7, 11) is 0. The Bertz CT molecular complexity index is 1110. The molecule has 0 saturated carbocycles. The highest BCUT2D eigenvalue weighted by molar-refractivity contribution is 7.09. The van der Waals surface area contributed by atoms with Crippen molar-refractivity contribution in [3.8, 4) is 0 Å². The van der Waals surface area contributed by atoms with Gasteiger partial charge in [-0.15, -0.1) is 11.3 Å². The van der Waals surface area contributed by atoms with Gasteiger partial charge in [-0.1, -0.05) is 37.3 Å². The van der Waals surface area contributed by atoms with Gasteiger partial charge in [0.2, 0.25) is 0 Å². The number of carbonyl (C=O) groups is 3. The molecule has 1 aliphatic rings. The molecule has 2 amide bonds. The molecular weight excluding hydrogens is 400 g/mol. The Morgan fingerprint density at radius 3 is 2.57 bits per heavy atom. The zero-order valence-electron chi connectivity index (χ0n) is 16.5. The minimum absolute atomic E-state index is 0.0719. The van der Waals surface area contributed by atoms with Gasteiger partial charge in [-0.05, 0) is 36.6 Å². The maximum absolute atomic E-state index is 12.8. The molecule has 2 aromatic carbocycles. The summed E-state index contributed by atoms with van der Waals surface area (Å²) in [4.78, 5) is 43.4. The van der Waals surface area contributed by atoms with Crippen molar-refractivity contribution in [1.29, 1.82) is 0 Å². The van der Waals surface area contributed by atoms with E-state index >= 15 is 0 Å². The molecule has 0 aliphatic carbocycles. The Morgan fingerprint density at radius 2 is 1.83 bits per heavy atom. The lowest BCUT2D eigenvalue weighted by Gasteiger charge is -2.13. The summed E-state index contributed by atoms with van der Waals surface area (Å²) >= 11 is 1.53. The average Bonchev–Trinajstić information content (AvgIpc) is 3.34. The van der Waals surface area contributed by atoms with E-state index in [2.05, 4.69) is 4.98 Å².